The van der Waals surface area contributed by atoms with E-state index in [0.717, 1.165) is 51.4 Å². The molecule has 6 unspecified atom stereocenters. The molecule has 284 valence electrons. The molecule has 6 N–H and O–H groups in total. The second-order valence-corrected chi connectivity index (χ2v) is 14.5. The summed E-state index contributed by atoms with van der Waals surface area (Å²) in [5.41, 5.74) is 0. The van der Waals surface area contributed by atoms with Crippen LogP contribution in [-0.2, 0) is 32.7 Å². The highest BCUT2D eigenvalue weighted by Gasteiger charge is 2.51. The van der Waals surface area contributed by atoms with Crippen LogP contribution in [0.3, 0.4) is 0 Å². The van der Waals surface area contributed by atoms with Crippen molar-refractivity contribution in [1.82, 2.24) is 0 Å². The molecule has 1 aliphatic rings. The molecule has 0 aromatic heterocycles. The van der Waals surface area contributed by atoms with E-state index in [1.807, 2.05) is 0 Å². The number of rotatable bonds is 29. The first-order chi connectivity index (χ1) is 22.9. The number of hydrogen-bond donors (Lipinski definition) is 6. The van der Waals surface area contributed by atoms with E-state index in [4.69, 9.17) is 18.5 Å². The zero-order valence-electron chi connectivity index (χ0n) is 29.3. The monoisotopic (exact) mass is 712 g/mol. The summed E-state index contributed by atoms with van der Waals surface area (Å²) in [5.74, 6) is -1.10. The number of aliphatic hydroxyl groups is 5. The Labute approximate surface area is 287 Å². The Bertz CT molecular complexity index is 875. The third-order valence-corrected chi connectivity index (χ3v) is 9.68. The van der Waals surface area contributed by atoms with Crippen LogP contribution in [0.4, 0.5) is 0 Å². The van der Waals surface area contributed by atoms with Crippen molar-refractivity contribution in [3.05, 3.63) is 0 Å². The Hall–Kier alpha value is -1.15. The van der Waals surface area contributed by atoms with Crippen molar-refractivity contribution in [2.24, 2.45) is 0 Å². The van der Waals surface area contributed by atoms with Crippen molar-refractivity contribution >= 4 is 19.8 Å². The van der Waals surface area contributed by atoms with Crippen LogP contribution in [0.25, 0.3) is 0 Å². The molecule has 1 rings (SSSR count). The summed E-state index contributed by atoms with van der Waals surface area (Å²) < 4.78 is 33.1. The SMILES string of the molecule is CCCCCCCCCCCCCCC(=O)OC[C@H](COP(=O)(O)OC1C(O)C(O)C(O)[C@@H](O)C1O)OC(=O)CCCCCCCCC. The number of hydrogen-bond acceptors (Lipinski definition) is 12. The van der Waals surface area contributed by atoms with Gasteiger partial charge in [-0.3, -0.25) is 18.6 Å². The highest BCUT2D eigenvalue weighted by atomic mass is 31.2. The Morgan fingerprint density at radius 2 is 0.938 bits per heavy atom. The Morgan fingerprint density at radius 1 is 0.562 bits per heavy atom. The number of phosphoric acid groups is 1. The number of unbranched alkanes of at least 4 members (excludes halogenated alkanes) is 17. The molecule has 13 nitrogen and oxygen atoms in total. The van der Waals surface area contributed by atoms with E-state index in [9.17, 15) is 44.6 Å². The van der Waals surface area contributed by atoms with E-state index in [0.29, 0.717) is 12.8 Å². The zero-order chi connectivity index (χ0) is 35.8. The largest absolute Gasteiger partial charge is 0.472 e. The summed E-state index contributed by atoms with van der Waals surface area (Å²) in [6.07, 6.45) is 7.91. The van der Waals surface area contributed by atoms with Crippen LogP contribution >= 0.6 is 7.82 Å². The van der Waals surface area contributed by atoms with Gasteiger partial charge in [0.25, 0.3) is 0 Å². The molecule has 0 heterocycles. The molecule has 0 aromatic carbocycles. The standard InChI is InChI=1S/C34H65O13P/c1-3-5-7-9-11-12-13-14-15-17-18-20-22-27(35)44-24-26(46-28(36)23-21-19-16-10-8-6-4-2)25-45-48(42,43)47-34-32(40)30(38)29(37)31(39)33(34)41/h26,29-34,37-41H,3-25H2,1-2H3,(H,42,43)/t26-,29?,30-,31?,32?,33?,34?/m1/s1. The first-order valence-corrected chi connectivity index (χ1v) is 19.8. The van der Waals surface area contributed by atoms with Crippen molar-refractivity contribution in [3.63, 3.8) is 0 Å². The van der Waals surface area contributed by atoms with E-state index in [-0.39, 0.29) is 12.8 Å². The van der Waals surface area contributed by atoms with Crippen molar-refractivity contribution in [2.45, 2.75) is 191 Å². The van der Waals surface area contributed by atoms with E-state index in [1.54, 1.807) is 0 Å². The fraction of sp³-hybridized carbons (Fsp3) is 0.941. The maximum atomic E-state index is 12.7. The molecule has 48 heavy (non-hydrogen) atoms. The first kappa shape index (κ1) is 44.9. The molecule has 1 aliphatic carbocycles. The van der Waals surface area contributed by atoms with Crippen LogP contribution in [0.5, 0.6) is 0 Å². The molecule has 0 aliphatic heterocycles. The van der Waals surface area contributed by atoms with E-state index < -0.39 is 75.7 Å². The number of carbonyl (C=O) groups is 2. The summed E-state index contributed by atoms with van der Waals surface area (Å²) in [6.45, 7) is 3.19. The van der Waals surface area contributed by atoms with Crippen LogP contribution in [0.1, 0.15) is 149 Å². The predicted octanol–water partition coefficient (Wildman–Crippen LogP) is 4.99. The van der Waals surface area contributed by atoms with Crippen LogP contribution in [0.2, 0.25) is 0 Å². The minimum Gasteiger partial charge on any atom is -0.462 e. The normalized spacial score (nSPS) is 24.6. The molecular formula is C34H65O13P. The van der Waals surface area contributed by atoms with Gasteiger partial charge in [-0.05, 0) is 12.8 Å². The van der Waals surface area contributed by atoms with Gasteiger partial charge in [0.05, 0.1) is 6.61 Å². The van der Waals surface area contributed by atoms with Crippen molar-refractivity contribution in [3.8, 4) is 0 Å². The fourth-order valence-corrected chi connectivity index (χ4v) is 6.61. The number of carbonyl (C=O) groups excluding carboxylic acids is 2. The van der Waals surface area contributed by atoms with Crippen LogP contribution in [0, 0.1) is 0 Å². The molecule has 8 atom stereocenters. The Morgan fingerprint density at radius 3 is 1.38 bits per heavy atom. The second-order valence-electron chi connectivity index (χ2n) is 13.1. The summed E-state index contributed by atoms with van der Waals surface area (Å²) in [6, 6.07) is 0. The van der Waals surface area contributed by atoms with Gasteiger partial charge in [-0.15, -0.1) is 0 Å². The van der Waals surface area contributed by atoms with Gasteiger partial charge in [0.1, 0.15) is 43.2 Å². The highest BCUT2D eigenvalue weighted by molar-refractivity contribution is 7.47. The van der Waals surface area contributed by atoms with Crippen molar-refractivity contribution in [2.75, 3.05) is 13.2 Å². The van der Waals surface area contributed by atoms with E-state index in [1.165, 1.54) is 57.8 Å². The first-order valence-electron chi connectivity index (χ1n) is 18.3. The topological polar surface area (TPSA) is 210 Å². The molecule has 14 heteroatoms. The molecule has 1 saturated carbocycles. The molecular weight excluding hydrogens is 647 g/mol. The average molecular weight is 713 g/mol. The lowest BCUT2D eigenvalue weighted by Crippen LogP contribution is -2.64. The lowest BCUT2D eigenvalue weighted by atomic mass is 9.85. The number of aliphatic hydroxyl groups excluding tert-OH is 5. The number of ether oxygens (including phenoxy) is 2. The summed E-state index contributed by atoms with van der Waals surface area (Å²) >= 11 is 0. The van der Waals surface area contributed by atoms with Gasteiger partial charge in [-0.1, -0.05) is 123 Å². The lowest BCUT2D eigenvalue weighted by Gasteiger charge is -2.41. The number of esters is 2. The molecule has 0 spiro atoms. The third-order valence-electron chi connectivity index (χ3n) is 8.70. The summed E-state index contributed by atoms with van der Waals surface area (Å²) in [4.78, 5) is 35.2. The predicted molar refractivity (Wildman–Crippen MR) is 180 cm³/mol. The molecule has 0 saturated heterocycles. The van der Waals surface area contributed by atoms with Crippen molar-refractivity contribution in [1.29, 1.82) is 0 Å². The van der Waals surface area contributed by atoms with Gasteiger partial charge in [0.2, 0.25) is 0 Å². The van der Waals surface area contributed by atoms with Gasteiger partial charge in [-0.25, -0.2) is 4.57 Å². The smallest absolute Gasteiger partial charge is 0.462 e. The van der Waals surface area contributed by atoms with Crippen LogP contribution < -0.4 is 0 Å². The minimum atomic E-state index is -5.09. The van der Waals surface area contributed by atoms with Gasteiger partial charge in [0.15, 0.2) is 6.10 Å². The molecule has 0 bridgehead atoms. The fourth-order valence-electron chi connectivity index (χ4n) is 5.64. The van der Waals surface area contributed by atoms with Crippen molar-refractivity contribution < 1.29 is 63.1 Å². The second kappa shape index (κ2) is 26.6. The van der Waals surface area contributed by atoms with Gasteiger partial charge in [0, 0.05) is 12.8 Å². The number of phosphoric ester groups is 1. The van der Waals surface area contributed by atoms with E-state index >= 15 is 0 Å². The Balaban J connectivity index is 2.54. The molecule has 1 fully saturated rings. The molecule has 0 amide bonds. The summed E-state index contributed by atoms with van der Waals surface area (Å²) in [7, 11) is -5.09. The zero-order valence-corrected chi connectivity index (χ0v) is 30.2. The Kier molecular flexibility index (Phi) is 24.9. The van der Waals surface area contributed by atoms with Gasteiger partial charge >= 0.3 is 19.8 Å². The van der Waals surface area contributed by atoms with Crippen LogP contribution in [-0.4, -0.2) is 98.3 Å². The quantitative estimate of drug-likeness (QED) is 0.0343. The van der Waals surface area contributed by atoms with Gasteiger partial charge < -0.3 is 39.9 Å². The van der Waals surface area contributed by atoms with Gasteiger partial charge in [-0.2, -0.15) is 0 Å². The highest BCUT2D eigenvalue weighted by Crippen LogP contribution is 2.47. The van der Waals surface area contributed by atoms with E-state index in [2.05, 4.69) is 13.8 Å². The molecule has 0 aromatic rings. The molecule has 0 radical (unpaired) electrons. The third kappa shape index (κ3) is 19.9. The average Bonchev–Trinajstić information content (AvgIpc) is 3.06. The maximum absolute atomic E-state index is 12.7. The maximum Gasteiger partial charge on any atom is 0.472 e. The van der Waals surface area contributed by atoms with Crippen LogP contribution in [0.15, 0.2) is 0 Å². The summed E-state index contributed by atoms with van der Waals surface area (Å²) in [5, 5.41) is 49.7. The lowest BCUT2D eigenvalue weighted by molar-refractivity contribution is -0.220. The minimum absolute atomic E-state index is 0.100.